The SMILES string of the molecule is COc1cccc([C@H]2[C@@H]3C[NH+](Cc4ccccc4)CC=C3[C@@H](C#N)C(=N)C2(C#N)C#N)c1. The largest absolute Gasteiger partial charge is 0.497 e. The van der Waals surface area contributed by atoms with Gasteiger partial charge >= 0.3 is 0 Å². The summed E-state index contributed by atoms with van der Waals surface area (Å²) in [5, 5.41) is 39.0. The maximum absolute atomic E-state index is 10.2. The highest BCUT2D eigenvalue weighted by molar-refractivity contribution is 6.00. The Hall–Kier alpha value is -3.92. The first-order valence-electron chi connectivity index (χ1n) is 10.6. The molecule has 1 aliphatic heterocycles. The number of nitriles is 3. The van der Waals surface area contributed by atoms with Crippen molar-refractivity contribution >= 4 is 5.71 Å². The van der Waals surface area contributed by atoms with Crippen LogP contribution >= 0.6 is 0 Å². The molecule has 6 heteroatoms. The van der Waals surface area contributed by atoms with Gasteiger partial charge < -0.3 is 15.0 Å². The van der Waals surface area contributed by atoms with Gasteiger partial charge in [-0.05, 0) is 29.3 Å². The van der Waals surface area contributed by atoms with Crippen molar-refractivity contribution < 1.29 is 9.64 Å². The predicted octanol–water partition coefficient (Wildman–Crippen LogP) is 2.63. The van der Waals surface area contributed by atoms with Gasteiger partial charge in [-0.2, -0.15) is 15.8 Å². The number of rotatable bonds is 4. The highest BCUT2D eigenvalue weighted by atomic mass is 16.5. The number of benzene rings is 2. The Morgan fingerprint density at radius 1 is 1.09 bits per heavy atom. The summed E-state index contributed by atoms with van der Waals surface area (Å²) in [6.45, 7) is 2.23. The zero-order chi connectivity index (χ0) is 22.7. The van der Waals surface area contributed by atoms with Crippen LogP contribution in [0.15, 0.2) is 66.2 Å². The van der Waals surface area contributed by atoms with Gasteiger partial charge in [0.2, 0.25) is 0 Å². The molecule has 0 radical (unpaired) electrons. The van der Waals surface area contributed by atoms with Crippen LogP contribution in [0, 0.1) is 56.7 Å². The van der Waals surface area contributed by atoms with Gasteiger partial charge in [0.1, 0.15) is 18.2 Å². The molecule has 0 saturated heterocycles. The first-order chi connectivity index (χ1) is 15.6. The van der Waals surface area contributed by atoms with Crippen molar-refractivity contribution in [3.8, 4) is 24.0 Å². The molecule has 0 amide bonds. The molecule has 1 aliphatic carbocycles. The first-order valence-corrected chi connectivity index (χ1v) is 10.6. The molecule has 1 unspecified atom stereocenters. The quantitative estimate of drug-likeness (QED) is 0.738. The summed E-state index contributed by atoms with van der Waals surface area (Å²) >= 11 is 0. The maximum atomic E-state index is 10.2. The molecule has 4 rings (SSSR count). The van der Waals surface area contributed by atoms with Gasteiger partial charge in [0.25, 0.3) is 0 Å². The molecule has 0 spiro atoms. The third kappa shape index (κ3) is 3.44. The second-order valence-corrected chi connectivity index (χ2v) is 8.39. The van der Waals surface area contributed by atoms with Crippen LogP contribution in [0.4, 0.5) is 0 Å². The van der Waals surface area contributed by atoms with E-state index in [9.17, 15) is 15.8 Å². The fourth-order valence-corrected chi connectivity index (χ4v) is 5.20. The average Bonchev–Trinajstić information content (AvgIpc) is 2.84. The molecular formula is C26H24N5O+. The van der Waals surface area contributed by atoms with Crippen molar-refractivity contribution in [3.63, 3.8) is 0 Å². The lowest BCUT2D eigenvalue weighted by molar-refractivity contribution is -0.913. The van der Waals surface area contributed by atoms with Crippen molar-refractivity contribution in [2.24, 2.45) is 17.3 Å². The van der Waals surface area contributed by atoms with Gasteiger partial charge in [0, 0.05) is 17.4 Å². The van der Waals surface area contributed by atoms with E-state index in [1.54, 1.807) is 7.11 Å². The van der Waals surface area contributed by atoms with E-state index in [0.29, 0.717) is 12.3 Å². The Kier molecular flexibility index (Phi) is 5.78. The molecule has 2 aromatic carbocycles. The fourth-order valence-electron chi connectivity index (χ4n) is 5.20. The highest BCUT2D eigenvalue weighted by Gasteiger charge is 2.58. The van der Waals surface area contributed by atoms with Crippen LogP contribution in [0.25, 0.3) is 0 Å². The van der Waals surface area contributed by atoms with E-state index in [-0.39, 0.29) is 11.6 Å². The number of nitrogens with zero attached hydrogens (tertiary/aromatic N) is 3. The zero-order valence-corrected chi connectivity index (χ0v) is 17.9. The molecule has 2 N–H and O–H groups in total. The minimum atomic E-state index is -1.70. The van der Waals surface area contributed by atoms with Gasteiger partial charge in [-0.25, -0.2) is 0 Å². The summed E-state index contributed by atoms with van der Waals surface area (Å²) in [5.74, 6) is -0.967. The molecule has 6 nitrogen and oxygen atoms in total. The summed E-state index contributed by atoms with van der Waals surface area (Å²) in [7, 11) is 1.58. The van der Waals surface area contributed by atoms with Crippen molar-refractivity contribution in [1.29, 1.82) is 21.2 Å². The van der Waals surface area contributed by atoms with E-state index >= 15 is 0 Å². The second kappa shape index (κ2) is 8.67. The van der Waals surface area contributed by atoms with E-state index in [0.717, 1.165) is 24.2 Å². The summed E-state index contributed by atoms with van der Waals surface area (Å²) < 4.78 is 5.39. The first kappa shape index (κ1) is 21.3. The number of nitrogens with one attached hydrogen (secondary N) is 2. The van der Waals surface area contributed by atoms with E-state index < -0.39 is 17.3 Å². The number of ether oxygens (including phenoxy) is 1. The van der Waals surface area contributed by atoms with Crippen molar-refractivity contribution in [2.75, 3.05) is 20.2 Å². The lowest BCUT2D eigenvalue weighted by atomic mass is 9.54. The molecule has 0 bridgehead atoms. The van der Waals surface area contributed by atoms with Crippen LogP contribution in [-0.2, 0) is 6.54 Å². The summed E-state index contributed by atoms with van der Waals surface area (Å²) in [6.07, 6.45) is 2.06. The molecule has 2 aliphatic rings. The van der Waals surface area contributed by atoms with Gasteiger partial charge in [-0.15, -0.1) is 0 Å². The second-order valence-electron chi connectivity index (χ2n) is 8.39. The van der Waals surface area contributed by atoms with Gasteiger partial charge in [-0.3, -0.25) is 0 Å². The lowest BCUT2D eigenvalue weighted by Crippen LogP contribution is -3.12. The summed E-state index contributed by atoms with van der Waals surface area (Å²) in [5.41, 5.74) is 1.04. The standard InChI is InChI=1S/C26H23N5O/c1-32-20-9-5-8-19(12-20)24-23-15-31(14-18-6-3-2-4-7-18)11-10-21(23)22(13-27)25(30)26(24,16-28)17-29/h2-10,12,22-24,30H,11,14-15H2,1H3/p+1/t22-,23-,24+/m1/s1. The Labute approximate surface area is 188 Å². The van der Waals surface area contributed by atoms with Gasteiger partial charge in [0.15, 0.2) is 5.41 Å². The lowest BCUT2D eigenvalue weighted by Gasteiger charge is -2.46. The maximum Gasteiger partial charge on any atom is 0.189 e. The molecule has 1 fully saturated rings. The topological polar surface area (TPSA) is 109 Å². The number of fused-ring (bicyclic) bond motifs is 1. The average molecular weight is 423 g/mol. The van der Waals surface area contributed by atoms with Crippen LogP contribution in [0.2, 0.25) is 0 Å². The zero-order valence-electron chi connectivity index (χ0n) is 17.9. The van der Waals surface area contributed by atoms with Crippen LogP contribution in [-0.4, -0.2) is 25.9 Å². The van der Waals surface area contributed by atoms with E-state index in [1.165, 1.54) is 10.5 Å². The van der Waals surface area contributed by atoms with Crippen LogP contribution < -0.4 is 9.64 Å². The molecular weight excluding hydrogens is 398 g/mol. The Morgan fingerprint density at radius 3 is 2.50 bits per heavy atom. The van der Waals surface area contributed by atoms with Crippen LogP contribution in [0.5, 0.6) is 5.75 Å². The summed E-state index contributed by atoms with van der Waals surface area (Å²) in [4.78, 5) is 1.30. The van der Waals surface area contributed by atoms with Gasteiger partial charge in [-0.1, -0.05) is 42.5 Å². The third-order valence-electron chi connectivity index (χ3n) is 6.71. The monoisotopic (exact) mass is 422 g/mol. The highest BCUT2D eigenvalue weighted by Crippen LogP contribution is 2.52. The molecule has 1 heterocycles. The molecule has 4 atom stereocenters. The van der Waals surface area contributed by atoms with Crippen molar-refractivity contribution in [2.45, 2.75) is 12.5 Å². The Morgan fingerprint density at radius 2 is 1.84 bits per heavy atom. The molecule has 32 heavy (non-hydrogen) atoms. The number of quaternary nitrogens is 1. The Balaban J connectivity index is 1.82. The normalized spacial score (nSPS) is 25.9. The minimum Gasteiger partial charge on any atom is -0.497 e. The molecule has 1 saturated carbocycles. The molecule has 2 aromatic rings. The van der Waals surface area contributed by atoms with Crippen LogP contribution in [0.1, 0.15) is 17.0 Å². The molecule has 158 valence electrons. The van der Waals surface area contributed by atoms with E-state index in [2.05, 4.69) is 36.4 Å². The smallest absolute Gasteiger partial charge is 0.189 e. The van der Waals surface area contributed by atoms with Gasteiger partial charge in [0.05, 0.1) is 44.1 Å². The van der Waals surface area contributed by atoms with E-state index in [1.807, 2.05) is 42.5 Å². The Bertz CT molecular complexity index is 1170. The predicted molar refractivity (Wildman–Crippen MR) is 119 cm³/mol. The molecule has 0 aromatic heterocycles. The van der Waals surface area contributed by atoms with Crippen molar-refractivity contribution in [3.05, 3.63) is 77.4 Å². The number of hydrogen-bond donors (Lipinski definition) is 2. The van der Waals surface area contributed by atoms with E-state index in [4.69, 9.17) is 10.1 Å². The summed E-state index contributed by atoms with van der Waals surface area (Å²) in [6, 6.07) is 24.1. The number of methoxy groups -OCH3 is 1. The van der Waals surface area contributed by atoms with Crippen LogP contribution in [0.3, 0.4) is 0 Å². The minimum absolute atomic E-state index is 0.119. The fraction of sp³-hybridized carbons (Fsp3) is 0.308. The number of hydrogen-bond acceptors (Lipinski definition) is 5. The van der Waals surface area contributed by atoms with Crippen molar-refractivity contribution in [1.82, 2.24) is 0 Å². The third-order valence-corrected chi connectivity index (χ3v) is 6.71.